The summed E-state index contributed by atoms with van der Waals surface area (Å²) < 4.78 is 5.17. The number of benzene rings is 1. The van der Waals surface area contributed by atoms with E-state index in [1.165, 1.54) is 7.11 Å². The maximum absolute atomic E-state index is 11.8. The molecule has 1 N–H and O–H groups in total. The van der Waals surface area contributed by atoms with Crippen LogP contribution in [0.25, 0.3) is 0 Å². The monoisotopic (exact) mass is 287 g/mol. The lowest BCUT2D eigenvalue weighted by Crippen LogP contribution is -2.57. The van der Waals surface area contributed by atoms with Crippen LogP contribution in [-0.2, 0) is 16.1 Å². The molecule has 1 aliphatic rings. The van der Waals surface area contributed by atoms with Crippen LogP contribution in [0.5, 0.6) is 5.75 Å². The molecule has 21 heavy (non-hydrogen) atoms. The number of hydrogen-bond donors (Lipinski definition) is 1. The van der Waals surface area contributed by atoms with Crippen LogP contribution in [0.3, 0.4) is 0 Å². The van der Waals surface area contributed by atoms with Crippen molar-refractivity contribution in [2.75, 3.05) is 13.7 Å². The van der Waals surface area contributed by atoms with Crippen LogP contribution in [0.1, 0.15) is 24.5 Å². The van der Waals surface area contributed by atoms with Crippen LogP contribution >= 0.6 is 0 Å². The summed E-state index contributed by atoms with van der Waals surface area (Å²) in [5.41, 5.74) is 1.35. The highest BCUT2D eigenvalue weighted by Crippen LogP contribution is 2.21. The topological polar surface area (TPSA) is 82.4 Å². The van der Waals surface area contributed by atoms with Gasteiger partial charge in [0.1, 0.15) is 11.8 Å². The number of methoxy groups -OCH3 is 1. The first-order valence-corrected chi connectivity index (χ1v) is 6.73. The fourth-order valence-corrected chi connectivity index (χ4v) is 2.49. The molecule has 0 spiro atoms. The Kier molecular flexibility index (Phi) is 4.55. The number of nitrogens with one attached hydrogen (secondary N) is 1. The Bertz CT molecular complexity index is 607. The van der Waals surface area contributed by atoms with Crippen molar-refractivity contribution >= 4 is 11.8 Å². The van der Waals surface area contributed by atoms with Gasteiger partial charge in [-0.05, 0) is 24.1 Å². The summed E-state index contributed by atoms with van der Waals surface area (Å²) in [7, 11) is 1.51. The van der Waals surface area contributed by atoms with Gasteiger partial charge in [-0.2, -0.15) is 5.26 Å². The minimum absolute atomic E-state index is 0.187. The van der Waals surface area contributed by atoms with Gasteiger partial charge >= 0.3 is 0 Å². The highest BCUT2D eigenvalue weighted by molar-refractivity contribution is 6.01. The normalized spacial score (nSPS) is 19.0. The van der Waals surface area contributed by atoms with Crippen LogP contribution in [0.2, 0.25) is 0 Å². The van der Waals surface area contributed by atoms with E-state index >= 15 is 0 Å². The van der Waals surface area contributed by atoms with Crippen molar-refractivity contribution in [2.24, 2.45) is 0 Å². The molecule has 0 aromatic heterocycles. The highest BCUT2D eigenvalue weighted by atomic mass is 16.5. The summed E-state index contributed by atoms with van der Waals surface area (Å²) in [5, 5.41) is 11.3. The van der Waals surface area contributed by atoms with Gasteiger partial charge in [-0.25, -0.2) is 0 Å². The first kappa shape index (κ1) is 15.0. The number of carbonyl (C=O) groups excluding carboxylic acids is 2. The molecule has 1 unspecified atom stereocenters. The first-order valence-electron chi connectivity index (χ1n) is 6.73. The van der Waals surface area contributed by atoms with E-state index in [9.17, 15) is 9.59 Å². The Morgan fingerprint density at radius 2 is 2.24 bits per heavy atom. The molecule has 6 heteroatoms. The molecule has 2 amide bonds. The molecule has 0 bridgehead atoms. The minimum atomic E-state index is -0.315. The van der Waals surface area contributed by atoms with Gasteiger partial charge in [-0.3, -0.25) is 19.8 Å². The summed E-state index contributed by atoms with van der Waals surface area (Å²) in [5.74, 6) is -0.0458. The van der Waals surface area contributed by atoms with E-state index in [-0.39, 0.29) is 24.4 Å². The maximum atomic E-state index is 11.8. The lowest BCUT2D eigenvalue weighted by Gasteiger charge is -2.33. The van der Waals surface area contributed by atoms with Crippen LogP contribution in [0.15, 0.2) is 18.2 Å². The van der Waals surface area contributed by atoms with Crippen LogP contribution in [0, 0.1) is 11.3 Å². The molecule has 1 aromatic carbocycles. The zero-order valence-electron chi connectivity index (χ0n) is 12.0. The number of piperazine rings is 1. The lowest BCUT2D eigenvalue weighted by atomic mass is 10.1. The van der Waals surface area contributed by atoms with Gasteiger partial charge in [-0.1, -0.05) is 13.0 Å². The fourth-order valence-electron chi connectivity index (χ4n) is 2.49. The zero-order chi connectivity index (χ0) is 15.4. The van der Waals surface area contributed by atoms with Crippen LogP contribution < -0.4 is 10.1 Å². The summed E-state index contributed by atoms with van der Waals surface area (Å²) in [6.07, 6.45) is 0.631. The average molecular weight is 287 g/mol. The SMILES string of the molecule is CCC1C(=O)NC(=O)CN1Cc1ccc(C#N)c(OC)c1. The molecule has 1 aromatic rings. The van der Waals surface area contributed by atoms with E-state index in [4.69, 9.17) is 10.00 Å². The predicted molar refractivity (Wildman–Crippen MR) is 75.3 cm³/mol. The van der Waals surface area contributed by atoms with Gasteiger partial charge in [-0.15, -0.1) is 0 Å². The Labute approximate surface area is 123 Å². The summed E-state index contributed by atoms with van der Waals surface area (Å²) in [4.78, 5) is 25.2. The van der Waals surface area contributed by atoms with Gasteiger partial charge < -0.3 is 4.74 Å². The van der Waals surface area contributed by atoms with E-state index in [1.54, 1.807) is 12.1 Å². The number of nitrogens with zero attached hydrogens (tertiary/aromatic N) is 2. The quantitative estimate of drug-likeness (QED) is 0.828. The smallest absolute Gasteiger partial charge is 0.243 e. The standard InChI is InChI=1S/C15H17N3O3/c1-3-12-15(20)17-14(19)9-18(12)8-10-4-5-11(7-16)13(6-10)21-2/h4-6,12H,3,8-9H2,1-2H3,(H,17,19,20). The Balaban J connectivity index is 2.22. The molecular weight excluding hydrogens is 270 g/mol. The maximum Gasteiger partial charge on any atom is 0.243 e. The molecule has 0 radical (unpaired) electrons. The molecule has 110 valence electrons. The van der Waals surface area contributed by atoms with Gasteiger partial charge in [0.25, 0.3) is 0 Å². The van der Waals surface area contributed by atoms with Crippen LogP contribution in [-0.4, -0.2) is 36.4 Å². The zero-order valence-corrected chi connectivity index (χ0v) is 12.0. The van der Waals surface area contributed by atoms with Gasteiger partial charge in [0, 0.05) is 6.54 Å². The van der Waals surface area contributed by atoms with Crippen molar-refractivity contribution in [1.82, 2.24) is 10.2 Å². The second-order valence-electron chi connectivity index (χ2n) is 4.89. The van der Waals surface area contributed by atoms with Gasteiger partial charge in [0.15, 0.2) is 0 Å². The fraction of sp³-hybridized carbons (Fsp3) is 0.400. The third kappa shape index (κ3) is 3.20. The van der Waals surface area contributed by atoms with Gasteiger partial charge in [0.2, 0.25) is 11.8 Å². The Hall–Kier alpha value is -2.39. The van der Waals surface area contributed by atoms with E-state index < -0.39 is 0 Å². The summed E-state index contributed by atoms with van der Waals surface area (Å²) >= 11 is 0. The number of carbonyl (C=O) groups is 2. The molecule has 1 aliphatic heterocycles. The minimum Gasteiger partial charge on any atom is -0.495 e. The molecule has 0 aliphatic carbocycles. The molecule has 2 rings (SSSR count). The highest BCUT2D eigenvalue weighted by Gasteiger charge is 2.32. The molecule has 6 nitrogen and oxygen atoms in total. The third-order valence-corrected chi connectivity index (χ3v) is 3.51. The van der Waals surface area contributed by atoms with Crippen molar-refractivity contribution in [2.45, 2.75) is 25.9 Å². The summed E-state index contributed by atoms with van der Waals surface area (Å²) in [6, 6.07) is 7.00. The number of ether oxygens (including phenoxy) is 1. The average Bonchev–Trinajstić information content (AvgIpc) is 2.46. The second kappa shape index (κ2) is 6.37. The largest absolute Gasteiger partial charge is 0.495 e. The number of amides is 2. The Morgan fingerprint density at radius 3 is 2.86 bits per heavy atom. The predicted octanol–water partition coefficient (Wildman–Crippen LogP) is 0.804. The van der Waals surface area contributed by atoms with Crippen LogP contribution in [0.4, 0.5) is 0 Å². The van der Waals surface area contributed by atoms with Crippen molar-refractivity contribution in [3.8, 4) is 11.8 Å². The summed E-state index contributed by atoms with van der Waals surface area (Å²) in [6.45, 7) is 2.55. The third-order valence-electron chi connectivity index (χ3n) is 3.51. The molecule has 1 atom stereocenters. The van der Waals surface area contributed by atoms with Crippen molar-refractivity contribution in [3.63, 3.8) is 0 Å². The van der Waals surface area contributed by atoms with E-state index in [2.05, 4.69) is 11.4 Å². The van der Waals surface area contributed by atoms with Crippen molar-refractivity contribution in [1.29, 1.82) is 5.26 Å². The van der Waals surface area contributed by atoms with Gasteiger partial charge in [0.05, 0.1) is 25.3 Å². The number of imide groups is 1. The molecule has 1 saturated heterocycles. The first-order chi connectivity index (χ1) is 10.1. The molecule has 0 saturated carbocycles. The van der Waals surface area contributed by atoms with E-state index in [0.717, 1.165) is 5.56 Å². The lowest BCUT2D eigenvalue weighted by molar-refractivity contribution is -0.140. The number of nitriles is 1. The van der Waals surface area contributed by atoms with Crippen molar-refractivity contribution in [3.05, 3.63) is 29.3 Å². The molecular formula is C15H17N3O3. The van der Waals surface area contributed by atoms with E-state index in [0.29, 0.717) is 24.3 Å². The van der Waals surface area contributed by atoms with E-state index in [1.807, 2.05) is 17.9 Å². The molecule has 1 heterocycles. The number of hydrogen-bond acceptors (Lipinski definition) is 5. The number of rotatable bonds is 4. The second-order valence-corrected chi connectivity index (χ2v) is 4.89. The molecule has 1 fully saturated rings. The Morgan fingerprint density at radius 1 is 1.48 bits per heavy atom. The van der Waals surface area contributed by atoms with Crippen molar-refractivity contribution < 1.29 is 14.3 Å².